The van der Waals surface area contributed by atoms with Crippen LogP contribution >= 0.6 is 50.1 Å². The first kappa shape index (κ1) is 10.5. The lowest BCUT2D eigenvalue weighted by Crippen LogP contribution is -1.92. The zero-order valence-corrected chi connectivity index (χ0v) is 10.7. The molecule has 0 atom stereocenters. The molecule has 0 N–H and O–H groups in total. The Hall–Kier alpha value is 0.390. The number of carbonyl (C=O) groups is 1. The van der Waals surface area contributed by atoms with Crippen LogP contribution in [0.2, 0.25) is 0 Å². The fraction of sp³-hybridized carbons (Fsp3) is 0.125. The van der Waals surface area contributed by atoms with Gasteiger partial charge in [-0.3, -0.25) is 4.79 Å². The van der Waals surface area contributed by atoms with Gasteiger partial charge in [-0.25, -0.2) is 0 Å². The maximum atomic E-state index is 10.8. The summed E-state index contributed by atoms with van der Waals surface area (Å²) in [6.07, 6.45) is 0. The van der Waals surface area contributed by atoms with E-state index in [1.54, 1.807) is 12.1 Å². The molecule has 0 amide bonds. The van der Waals surface area contributed by atoms with Crippen LogP contribution in [0.4, 0.5) is 0 Å². The maximum absolute atomic E-state index is 10.8. The lowest BCUT2D eigenvalue weighted by atomic mass is 10.2. The Labute approximate surface area is 97.8 Å². The van der Waals surface area contributed by atoms with Crippen LogP contribution in [0.25, 0.3) is 0 Å². The zero-order chi connectivity index (χ0) is 9.30. The highest BCUT2D eigenvalue weighted by atomic mass is 127. The van der Waals surface area contributed by atoms with Crippen LogP contribution in [0.15, 0.2) is 16.6 Å². The van der Waals surface area contributed by atoms with Gasteiger partial charge in [0, 0.05) is 13.6 Å². The van der Waals surface area contributed by atoms with E-state index in [-0.39, 0.29) is 0 Å². The second kappa shape index (κ2) is 4.07. The van der Waals surface area contributed by atoms with Crippen LogP contribution in [0.1, 0.15) is 15.9 Å². The van der Waals surface area contributed by atoms with E-state index >= 15 is 0 Å². The number of hydrogen-bond acceptors (Lipinski definition) is 1. The number of rotatable bonds is 1. The third kappa shape index (κ3) is 2.20. The van der Waals surface area contributed by atoms with Gasteiger partial charge in [0.25, 0.3) is 5.24 Å². The van der Waals surface area contributed by atoms with Gasteiger partial charge in [0.05, 0.1) is 0 Å². The van der Waals surface area contributed by atoms with E-state index in [1.165, 1.54) is 0 Å². The molecule has 0 spiro atoms. The molecule has 0 saturated carbocycles. The van der Waals surface area contributed by atoms with Gasteiger partial charge in [0.2, 0.25) is 0 Å². The Morgan fingerprint density at radius 3 is 2.58 bits per heavy atom. The Bertz CT molecular complexity index is 315. The monoisotopic (exact) mass is 358 g/mol. The van der Waals surface area contributed by atoms with Crippen molar-refractivity contribution in [2.45, 2.75) is 6.92 Å². The number of benzene rings is 1. The predicted octanol–water partition coefficient (Wildman–Crippen LogP) is 3.74. The van der Waals surface area contributed by atoms with Gasteiger partial charge < -0.3 is 0 Å². The summed E-state index contributed by atoms with van der Waals surface area (Å²) in [4.78, 5) is 10.8. The molecule has 1 nitrogen and oxygen atoms in total. The van der Waals surface area contributed by atoms with Gasteiger partial charge in [-0.15, -0.1) is 0 Å². The van der Waals surface area contributed by atoms with Gasteiger partial charge in [-0.1, -0.05) is 0 Å². The Morgan fingerprint density at radius 2 is 2.17 bits per heavy atom. The van der Waals surface area contributed by atoms with Crippen molar-refractivity contribution in [3.8, 4) is 0 Å². The van der Waals surface area contributed by atoms with Crippen LogP contribution < -0.4 is 0 Å². The van der Waals surface area contributed by atoms with E-state index < -0.39 is 5.24 Å². The fourth-order valence-electron chi connectivity index (χ4n) is 0.840. The topological polar surface area (TPSA) is 17.1 Å². The van der Waals surface area contributed by atoms with Crippen molar-refractivity contribution in [3.05, 3.63) is 31.3 Å². The molecular weight excluding hydrogens is 354 g/mol. The molecule has 0 radical (unpaired) electrons. The summed E-state index contributed by atoms with van der Waals surface area (Å²) >= 11 is 10.9. The summed E-state index contributed by atoms with van der Waals surface area (Å²) in [6, 6.07) is 3.52. The van der Waals surface area contributed by atoms with Crippen LogP contribution in [-0.4, -0.2) is 5.24 Å². The molecule has 0 bridgehead atoms. The van der Waals surface area contributed by atoms with Crippen LogP contribution in [0, 0.1) is 10.5 Å². The zero-order valence-electron chi connectivity index (χ0n) is 6.20. The summed E-state index contributed by atoms with van der Waals surface area (Å²) in [5.41, 5.74) is 1.56. The third-order valence-corrected chi connectivity index (χ3v) is 4.30. The molecule has 0 heterocycles. The van der Waals surface area contributed by atoms with Crippen molar-refractivity contribution in [1.29, 1.82) is 0 Å². The molecule has 0 aliphatic heterocycles. The summed E-state index contributed by atoms with van der Waals surface area (Å²) < 4.78 is 2.02. The SMILES string of the molecule is Cc1cc(C(=O)Cl)cc(I)c1Br. The van der Waals surface area contributed by atoms with Crippen molar-refractivity contribution >= 4 is 55.4 Å². The van der Waals surface area contributed by atoms with Crippen molar-refractivity contribution in [2.24, 2.45) is 0 Å². The fourth-order valence-corrected chi connectivity index (χ4v) is 1.94. The minimum absolute atomic E-state index is 0.413. The summed E-state index contributed by atoms with van der Waals surface area (Å²) in [5, 5.41) is -0.413. The molecular formula is C8H5BrClIO. The van der Waals surface area contributed by atoms with E-state index in [1.807, 2.05) is 6.92 Å². The molecule has 0 fully saturated rings. The Balaban J connectivity index is 3.31. The Morgan fingerprint density at radius 1 is 1.58 bits per heavy atom. The molecule has 1 rings (SSSR count). The van der Waals surface area contributed by atoms with Gasteiger partial charge in [-0.2, -0.15) is 0 Å². The first-order chi connectivity index (χ1) is 5.52. The first-order valence-corrected chi connectivity index (χ1v) is 5.43. The highest BCUT2D eigenvalue weighted by Crippen LogP contribution is 2.25. The van der Waals surface area contributed by atoms with Crippen molar-refractivity contribution in [2.75, 3.05) is 0 Å². The Kier molecular flexibility index (Phi) is 3.55. The van der Waals surface area contributed by atoms with E-state index in [0.717, 1.165) is 13.6 Å². The van der Waals surface area contributed by atoms with Crippen molar-refractivity contribution in [3.63, 3.8) is 0 Å². The second-order valence-electron chi connectivity index (χ2n) is 2.36. The predicted molar refractivity (Wildman–Crippen MR) is 61.8 cm³/mol. The highest BCUT2D eigenvalue weighted by molar-refractivity contribution is 14.1. The lowest BCUT2D eigenvalue weighted by molar-refractivity contribution is 0.108. The van der Waals surface area contributed by atoms with Gasteiger partial charge in [-0.05, 0) is 74.7 Å². The molecule has 0 aliphatic rings. The number of aryl methyl sites for hydroxylation is 1. The normalized spacial score (nSPS) is 10.0. The quantitative estimate of drug-likeness (QED) is 0.551. The smallest absolute Gasteiger partial charge is 0.252 e. The van der Waals surface area contributed by atoms with Gasteiger partial charge in [0.15, 0.2) is 0 Å². The van der Waals surface area contributed by atoms with Crippen LogP contribution in [0.5, 0.6) is 0 Å². The molecule has 1 aromatic rings. The summed E-state index contributed by atoms with van der Waals surface area (Å²) in [5.74, 6) is 0. The molecule has 0 unspecified atom stereocenters. The molecule has 0 aromatic heterocycles. The van der Waals surface area contributed by atoms with E-state index in [4.69, 9.17) is 11.6 Å². The molecule has 1 aromatic carbocycles. The first-order valence-electron chi connectivity index (χ1n) is 3.18. The third-order valence-electron chi connectivity index (χ3n) is 1.44. The summed E-state index contributed by atoms with van der Waals surface area (Å²) in [6.45, 7) is 1.93. The van der Waals surface area contributed by atoms with E-state index in [2.05, 4.69) is 38.5 Å². The van der Waals surface area contributed by atoms with Crippen molar-refractivity contribution < 1.29 is 4.79 Å². The minimum atomic E-state index is -0.413. The summed E-state index contributed by atoms with van der Waals surface area (Å²) in [7, 11) is 0. The van der Waals surface area contributed by atoms with E-state index in [0.29, 0.717) is 5.56 Å². The number of hydrogen-bond donors (Lipinski definition) is 0. The molecule has 64 valence electrons. The number of carbonyl (C=O) groups excluding carboxylic acids is 1. The standard InChI is InChI=1S/C8H5BrClIO/c1-4-2-5(8(10)12)3-6(11)7(4)9/h2-3H,1H3. The number of halogens is 3. The minimum Gasteiger partial charge on any atom is -0.276 e. The largest absolute Gasteiger partial charge is 0.276 e. The molecule has 0 saturated heterocycles. The van der Waals surface area contributed by atoms with Crippen LogP contribution in [-0.2, 0) is 0 Å². The lowest BCUT2D eigenvalue weighted by Gasteiger charge is -2.02. The maximum Gasteiger partial charge on any atom is 0.252 e. The highest BCUT2D eigenvalue weighted by Gasteiger charge is 2.07. The van der Waals surface area contributed by atoms with Gasteiger partial charge >= 0.3 is 0 Å². The average molecular weight is 359 g/mol. The molecule has 4 heteroatoms. The van der Waals surface area contributed by atoms with Crippen molar-refractivity contribution in [1.82, 2.24) is 0 Å². The molecule has 12 heavy (non-hydrogen) atoms. The molecule has 0 aliphatic carbocycles. The average Bonchev–Trinajstić information content (AvgIpc) is 1.99. The van der Waals surface area contributed by atoms with Crippen LogP contribution in [0.3, 0.4) is 0 Å². The van der Waals surface area contributed by atoms with Gasteiger partial charge in [0.1, 0.15) is 0 Å². The second-order valence-corrected chi connectivity index (χ2v) is 4.66. The van der Waals surface area contributed by atoms with E-state index in [9.17, 15) is 4.79 Å².